The van der Waals surface area contributed by atoms with Crippen molar-refractivity contribution in [1.82, 2.24) is 0 Å². The van der Waals surface area contributed by atoms with E-state index in [1.165, 1.54) is 18.2 Å². The normalized spacial score (nSPS) is 10.9. The van der Waals surface area contributed by atoms with Crippen LogP contribution in [0.4, 0.5) is 5.69 Å². The van der Waals surface area contributed by atoms with E-state index in [2.05, 4.69) is 21.2 Å². The fourth-order valence-corrected chi connectivity index (χ4v) is 3.51. The number of aryl methyl sites for hydroxylation is 2. The number of halogens is 1. The molecule has 0 bridgehead atoms. The van der Waals surface area contributed by atoms with E-state index in [-0.39, 0.29) is 17.7 Å². The van der Waals surface area contributed by atoms with Gasteiger partial charge in [0.1, 0.15) is 24.0 Å². The summed E-state index contributed by atoms with van der Waals surface area (Å²) in [4.78, 5) is 23.6. The van der Waals surface area contributed by atoms with Gasteiger partial charge < -0.3 is 15.2 Å². The van der Waals surface area contributed by atoms with Gasteiger partial charge in [-0.3, -0.25) is 4.79 Å². The number of aromatic carboxylic acids is 1. The number of amides is 1. The summed E-state index contributed by atoms with van der Waals surface area (Å²) in [7, 11) is 0. The molecule has 0 aliphatic rings. The first-order valence-electron chi connectivity index (χ1n) is 10.0. The SMILES string of the molecule is Cc1ccc(C)c(NC(=O)/C(C#N)=C/c2ccc(OCc3ccc(C(=O)O)cc3)c(Br)c2)c1. The van der Waals surface area contributed by atoms with Crippen LogP contribution in [0.5, 0.6) is 5.75 Å². The molecule has 3 aromatic carbocycles. The number of hydrogen-bond donors (Lipinski definition) is 2. The Bertz CT molecular complexity index is 1270. The van der Waals surface area contributed by atoms with Crippen LogP contribution in [0.15, 0.2) is 70.7 Å². The third-order valence-corrected chi connectivity index (χ3v) is 5.49. The van der Waals surface area contributed by atoms with Gasteiger partial charge >= 0.3 is 5.97 Å². The highest BCUT2D eigenvalue weighted by molar-refractivity contribution is 9.10. The Kier molecular flexibility index (Phi) is 7.65. The first-order valence-corrected chi connectivity index (χ1v) is 10.8. The van der Waals surface area contributed by atoms with E-state index in [1.54, 1.807) is 30.3 Å². The molecule has 0 radical (unpaired) electrons. The molecule has 0 saturated carbocycles. The largest absolute Gasteiger partial charge is 0.488 e. The predicted molar refractivity (Wildman–Crippen MR) is 130 cm³/mol. The first kappa shape index (κ1) is 23.8. The first-order chi connectivity index (χ1) is 15.8. The molecule has 0 unspecified atom stereocenters. The monoisotopic (exact) mass is 504 g/mol. The molecular weight excluding hydrogens is 484 g/mol. The Morgan fingerprint density at radius 2 is 1.82 bits per heavy atom. The molecule has 1 amide bonds. The highest BCUT2D eigenvalue weighted by Gasteiger charge is 2.12. The van der Waals surface area contributed by atoms with Crippen molar-refractivity contribution in [2.24, 2.45) is 0 Å². The van der Waals surface area contributed by atoms with Crippen molar-refractivity contribution in [2.45, 2.75) is 20.5 Å². The van der Waals surface area contributed by atoms with Crippen LogP contribution in [0.3, 0.4) is 0 Å². The number of nitrogens with zero attached hydrogens (tertiary/aromatic N) is 1. The Hall–Kier alpha value is -3.89. The standard InChI is InChI=1S/C26H21BrN2O4/c1-16-3-4-17(2)23(11-16)29-25(30)21(14-28)12-19-7-10-24(22(27)13-19)33-15-18-5-8-20(9-6-18)26(31)32/h3-13H,15H2,1-2H3,(H,29,30)(H,31,32)/b21-12+. The second kappa shape index (κ2) is 10.6. The van der Waals surface area contributed by atoms with Crippen LogP contribution >= 0.6 is 15.9 Å². The quantitative estimate of drug-likeness (QED) is 0.308. The van der Waals surface area contributed by atoms with E-state index in [4.69, 9.17) is 9.84 Å². The molecule has 7 heteroatoms. The summed E-state index contributed by atoms with van der Waals surface area (Å²) in [6.07, 6.45) is 1.51. The van der Waals surface area contributed by atoms with Crippen LogP contribution in [0.1, 0.15) is 32.6 Å². The Morgan fingerprint density at radius 1 is 1.09 bits per heavy atom. The zero-order valence-electron chi connectivity index (χ0n) is 18.1. The smallest absolute Gasteiger partial charge is 0.335 e. The third kappa shape index (κ3) is 6.31. The fraction of sp³-hybridized carbons (Fsp3) is 0.115. The molecule has 6 nitrogen and oxygen atoms in total. The van der Waals surface area contributed by atoms with Crippen molar-refractivity contribution >= 4 is 39.6 Å². The molecule has 0 aromatic heterocycles. The molecule has 2 N–H and O–H groups in total. The van der Waals surface area contributed by atoms with Gasteiger partial charge in [0.15, 0.2) is 0 Å². The van der Waals surface area contributed by atoms with Gasteiger partial charge in [0, 0.05) is 5.69 Å². The van der Waals surface area contributed by atoms with Gasteiger partial charge in [-0.25, -0.2) is 4.79 Å². The van der Waals surface area contributed by atoms with Crippen LogP contribution in [0, 0.1) is 25.2 Å². The Balaban J connectivity index is 1.70. The number of anilines is 1. The number of carbonyl (C=O) groups excluding carboxylic acids is 1. The molecular formula is C26H21BrN2O4. The molecule has 0 saturated heterocycles. The summed E-state index contributed by atoms with van der Waals surface area (Å²) >= 11 is 3.46. The van der Waals surface area contributed by atoms with E-state index in [0.29, 0.717) is 21.5 Å². The number of carbonyl (C=O) groups is 2. The van der Waals surface area contributed by atoms with E-state index < -0.39 is 11.9 Å². The van der Waals surface area contributed by atoms with Gasteiger partial charge in [-0.05, 0) is 88.4 Å². The van der Waals surface area contributed by atoms with Crippen molar-refractivity contribution in [2.75, 3.05) is 5.32 Å². The van der Waals surface area contributed by atoms with Gasteiger partial charge in [0.25, 0.3) is 5.91 Å². The molecule has 0 fully saturated rings. The summed E-state index contributed by atoms with van der Waals surface area (Å²) in [5.74, 6) is -0.881. The average Bonchev–Trinajstić information content (AvgIpc) is 2.79. The Morgan fingerprint density at radius 3 is 2.45 bits per heavy atom. The van der Waals surface area contributed by atoms with Gasteiger partial charge in [0.05, 0.1) is 10.0 Å². The fourth-order valence-electron chi connectivity index (χ4n) is 3.00. The highest BCUT2D eigenvalue weighted by Crippen LogP contribution is 2.28. The minimum atomic E-state index is -0.978. The number of carboxylic acid groups (broad SMARTS) is 1. The lowest BCUT2D eigenvalue weighted by molar-refractivity contribution is -0.112. The highest BCUT2D eigenvalue weighted by atomic mass is 79.9. The molecule has 3 rings (SSSR count). The molecule has 0 aliphatic carbocycles. The number of nitrogens with one attached hydrogen (secondary N) is 1. The second-order valence-electron chi connectivity index (χ2n) is 7.42. The van der Waals surface area contributed by atoms with Crippen molar-refractivity contribution < 1.29 is 19.4 Å². The summed E-state index contributed by atoms with van der Waals surface area (Å²) in [5, 5.41) is 21.3. The minimum absolute atomic E-state index is 0.0185. The lowest BCUT2D eigenvalue weighted by Gasteiger charge is -2.10. The molecule has 33 heavy (non-hydrogen) atoms. The maximum absolute atomic E-state index is 12.6. The molecule has 3 aromatic rings. The lowest BCUT2D eigenvalue weighted by atomic mass is 10.1. The Labute approximate surface area is 200 Å². The van der Waals surface area contributed by atoms with Crippen molar-refractivity contribution in [3.8, 4) is 11.8 Å². The van der Waals surface area contributed by atoms with Crippen LogP contribution in [0.2, 0.25) is 0 Å². The summed E-state index contributed by atoms with van der Waals surface area (Å²) in [5.41, 5.74) is 4.27. The zero-order valence-corrected chi connectivity index (χ0v) is 19.6. The van der Waals surface area contributed by atoms with E-state index in [0.717, 1.165) is 16.7 Å². The number of ether oxygens (including phenoxy) is 1. The lowest BCUT2D eigenvalue weighted by Crippen LogP contribution is -2.14. The number of nitriles is 1. The van der Waals surface area contributed by atoms with E-state index >= 15 is 0 Å². The van der Waals surface area contributed by atoms with Crippen LogP contribution < -0.4 is 10.1 Å². The van der Waals surface area contributed by atoms with E-state index in [1.807, 2.05) is 38.1 Å². The molecule has 0 heterocycles. The van der Waals surface area contributed by atoms with Gasteiger partial charge in [-0.2, -0.15) is 5.26 Å². The maximum Gasteiger partial charge on any atom is 0.335 e. The van der Waals surface area contributed by atoms with E-state index in [9.17, 15) is 14.9 Å². The summed E-state index contributed by atoms with van der Waals surface area (Å²) in [6.45, 7) is 4.08. The van der Waals surface area contributed by atoms with Gasteiger partial charge in [-0.1, -0.05) is 30.3 Å². The predicted octanol–water partition coefficient (Wildman–Crippen LogP) is 5.89. The van der Waals surface area contributed by atoms with Crippen LogP contribution in [-0.2, 0) is 11.4 Å². The number of hydrogen-bond acceptors (Lipinski definition) is 4. The third-order valence-electron chi connectivity index (χ3n) is 4.87. The zero-order chi connectivity index (χ0) is 24.0. The summed E-state index contributed by atoms with van der Waals surface area (Å²) in [6, 6.07) is 19.4. The number of carboxylic acids is 1. The number of rotatable bonds is 7. The topological polar surface area (TPSA) is 99.4 Å². The number of benzene rings is 3. The van der Waals surface area contributed by atoms with Crippen LogP contribution in [-0.4, -0.2) is 17.0 Å². The van der Waals surface area contributed by atoms with Crippen molar-refractivity contribution in [1.29, 1.82) is 5.26 Å². The maximum atomic E-state index is 12.6. The minimum Gasteiger partial charge on any atom is -0.488 e. The van der Waals surface area contributed by atoms with Gasteiger partial charge in [-0.15, -0.1) is 0 Å². The second-order valence-corrected chi connectivity index (χ2v) is 8.28. The molecule has 166 valence electrons. The van der Waals surface area contributed by atoms with Crippen LogP contribution in [0.25, 0.3) is 6.08 Å². The van der Waals surface area contributed by atoms with Crippen molar-refractivity contribution in [3.63, 3.8) is 0 Å². The molecule has 0 spiro atoms. The van der Waals surface area contributed by atoms with Gasteiger partial charge in [0.2, 0.25) is 0 Å². The van der Waals surface area contributed by atoms with Crippen molar-refractivity contribution in [3.05, 3.63) is 98.5 Å². The molecule has 0 atom stereocenters. The average molecular weight is 505 g/mol. The summed E-state index contributed by atoms with van der Waals surface area (Å²) < 4.78 is 6.46. The molecule has 0 aliphatic heterocycles.